The zero-order valence-corrected chi connectivity index (χ0v) is 18.0. The van der Waals surface area contributed by atoms with Gasteiger partial charge in [0.25, 0.3) is 5.56 Å². The topological polar surface area (TPSA) is 55.1 Å². The number of hydrogen-bond acceptors (Lipinski definition) is 3. The summed E-state index contributed by atoms with van der Waals surface area (Å²) < 4.78 is 2.48. The molecular weight excluding hydrogens is 452 g/mol. The Hall–Kier alpha value is -3.70. The number of hydrogen-bond donors (Lipinski definition) is 1. The minimum Gasteiger partial charge on any atom is -0.507 e. The van der Waals surface area contributed by atoms with Crippen LogP contribution in [0.25, 0.3) is 39.5 Å². The lowest BCUT2D eigenvalue weighted by molar-refractivity contribution is 0.474. The van der Waals surface area contributed by atoms with E-state index in [-0.39, 0.29) is 11.3 Å². The largest absolute Gasteiger partial charge is 0.507 e. The SMILES string of the molecule is O=c1c2ccccc2nc(/C=C\c2cc(Br)ccc2O)n1-c1cccc2ccccc12. The molecule has 4 aromatic carbocycles. The molecule has 0 aliphatic carbocycles. The van der Waals surface area contributed by atoms with E-state index in [0.717, 1.165) is 20.9 Å². The Morgan fingerprint density at radius 3 is 2.45 bits per heavy atom. The van der Waals surface area contributed by atoms with Crippen molar-refractivity contribution >= 4 is 49.8 Å². The number of rotatable bonds is 3. The summed E-state index contributed by atoms with van der Waals surface area (Å²) in [5.74, 6) is 0.638. The zero-order valence-electron chi connectivity index (χ0n) is 16.4. The molecule has 150 valence electrons. The predicted octanol–water partition coefficient (Wildman–Crippen LogP) is 6.18. The van der Waals surface area contributed by atoms with E-state index in [0.29, 0.717) is 22.3 Å². The summed E-state index contributed by atoms with van der Waals surface area (Å²) in [6.45, 7) is 0. The minimum absolute atomic E-state index is 0.139. The van der Waals surface area contributed by atoms with Crippen molar-refractivity contribution in [2.45, 2.75) is 0 Å². The second-order valence-corrected chi connectivity index (χ2v) is 8.08. The smallest absolute Gasteiger partial charge is 0.266 e. The molecule has 1 aromatic heterocycles. The first-order chi connectivity index (χ1) is 15.1. The van der Waals surface area contributed by atoms with E-state index in [9.17, 15) is 9.90 Å². The Bertz CT molecular complexity index is 1530. The summed E-state index contributed by atoms with van der Waals surface area (Å²) in [6, 6.07) is 26.4. The maximum atomic E-state index is 13.6. The Morgan fingerprint density at radius 2 is 1.58 bits per heavy atom. The van der Waals surface area contributed by atoms with Gasteiger partial charge in [0.1, 0.15) is 11.6 Å². The van der Waals surface area contributed by atoms with Crippen molar-refractivity contribution < 1.29 is 5.11 Å². The molecule has 0 unspecified atom stereocenters. The fraction of sp³-hybridized carbons (Fsp3) is 0. The van der Waals surface area contributed by atoms with Crippen LogP contribution in [0.2, 0.25) is 0 Å². The molecule has 0 saturated carbocycles. The van der Waals surface area contributed by atoms with Gasteiger partial charge in [0.2, 0.25) is 0 Å². The maximum Gasteiger partial charge on any atom is 0.266 e. The molecule has 0 spiro atoms. The fourth-order valence-corrected chi connectivity index (χ4v) is 4.10. The summed E-state index contributed by atoms with van der Waals surface area (Å²) in [4.78, 5) is 18.3. The van der Waals surface area contributed by atoms with Gasteiger partial charge in [0.15, 0.2) is 0 Å². The van der Waals surface area contributed by atoms with Gasteiger partial charge in [-0.15, -0.1) is 0 Å². The Morgan fingerprint density at radius 1 is 0.839 bits per heavy atom. The molecule has 0 bridgehead atoms. The monoisotopic (exact) mass is 468 g/mol. The highest BCUT2D eigenvalue weighted by molar-refractivity contribution is 9.10. The molecule has 5 rings (SSSR count). The summed E-state index contributed by atoms with van der Waals surface area (Å²) in [5.41, 5.74) is 1.88. The molecule has 5 aromatic rings. The molecule has 1 heterocycles. The zero-order chi connectivity index (χ0) is 21.4. The minimum atomic E-state index is -0.139. The highest BCUT2D eigenvalue weighted by atomic mass is 79.9. The first-order valence-corrected chi connectivity index (χ1v) is 10.6. The molecule has 0 atom stereocenters. The molecule has 4 nitrogen and oxygen atoms in total. The summed E-state index contributed by atoms with van der Waals surface area (Å²) in [7, 11) is 0. The van der Waals surface area contributed by atoms with Crippen LogP contribution < -0.4 is 5.56 Å². The number of halogens is 1. The molecule has 0 fully saturated rings. The second kappa shape index (κ2) is 7.85. The van der Waals surface area contributed by atoms with E-state index in [4.69, 9.17) is 4.98 Å². The van der Waals surface area contributed by atoms with E-state index in [1.165, 1.54) is 0 Å². The van der Waals surface area contributed by atoms with Gasteiger partial charge in [0, 0.05) is 15.4 Å². The molecule has 1 N–H and O–H groups in total. The third-order valence-electron chi connectivity index (χ3n) is 5.21. The number of benzene rings is 4. The van der Waals surface area contributed by atoms with Gasteiger partial charge in [-0.2, -0.15) is 0 Å². The van der Waals surface area contributed by atoms with Crippen molar-refractivity contribution in [3.63, 3.8) is 0 Å². The van der Waals surface area contributed by atoms with E-state index in [2.05, 4.69) is 15.9 Å². The molecule has 0 radical (unpaired) electrons. The van der Waals surface area contributed by atoms with Crippen molar-refractivity contribution in [1.29, 1.82) is 0 Å². The van der Waals surface area contributed by atoms with Crippen LogP contribution in [0.3, 0.4) is 0 Å². The quantitative estimate of drug-likeness (QED) is 0.344. The first kappa shape index (κ1) is 19.3. The predicted molar refractivity (Wildman–Crippen MR) is 130 cm³/mol. The van der Waals surface area contributed by atoms with Crippen molar-refractivity contribution in [2.75, 3.05) is 0 Å². The van der Waals surface area contributed by atoms with Gasteiger partial charge in [0.05, 0.1) is 16.6 Å². The first-order valence-electron chi connectivity index (χ1n) is 9.78. The lowest BCUT2D eigenvalue weighted by atomic mass is 10.1. The highest BCUT2D eigenvalue weighted by Gasteiger charge is 2.13. The number of phenolic OH excluding ortho intramolecular Hbond substituents is 1. The van der Waals surface area contributed by atoms with Crippen LogP contribution >= 0.6 is 15.9 Å². The number of fused-ring (bicyclic) bond motifs is 2. The number of nitrogens with zero attached hydrogens (tertiary/aromatic N) is 2. The summed E-state index contributed by atoms with van der Waals surface area (Å²) >= 11 is 3.43. The van der Waals surface area contributed by atoms with Crippen molar-refractivity contribution in [3.8, 4) is 11.4 Å². The van der Waals surface area contributed by atoms with E-state index < -0.39 is 0 Å². The number of aromatic hydroxyl groups is 1. The highest BCUT2D eigenvalue weighted by Crippen LogP contribution is 2.26. The van der Waals surface area contributed by atoms with E-state index in [1.807, 2.05) is 66.7 Å². The Kier molecular flexibility index (Phi) is 4.88. The molecule has 0 aliphatic rings. The molecule has 5 heteroatoms. The van der Waals surface area contributed by atoms with Crippen LogP contribution in [0.15, 0.2) is 94.2 Å². The van der Waals surface area contributed by atoms with Crippen LogP contribution in [0.1, 0.15) is 11.4 Å². The maximum absolute atomic E-state index is 13.6. The fourth-order valence-electron chi connectivity index (χ4n) is 3.72. The van der Waals surface area contributed by atoms with Gasteiger partial charge in [-0.25, -0.2) is 4.98 Å². The Balaban J connectivity index is 1.81. The van der Waals surface area contributed by atoms with Crippen LogP contribution in [0.4, 0.5) is 0 Å². The average molecular weight is 469 g/mol. The number of aromatic nitrogens is 2. The van der Waals surface area contributed by atoms with Gasteiger partial charge < -0.3 is 5.11 Å². The Labute approximate surface area is 186 Å². The average Bonchev–Trinajstić information content (AvgIpc) is 2.79. The van der Waals surface area contributed by atoms with Crippen LogP contribution in [-0.4, -0.2) is 14.7 Å². The normalized spacial score (nSPS) is 11.5. The van der Waals surface area contributed by atoms with Gasteiger partial charge >= 0.3 is 0 Å². The van der Waals surface area contributed by atoms with Crippen LogP contribution in [0, 0.1) is 0 Å². The van der Waals surface area contributed by atoms with Gasteiger partial charge in [-0.1, -0.05) is 64.5 Å². The van der Waals surface area contributed by atoms with E-state index in [1.54, 1.807) is 34.9 Å². The molecule has 0 aliphatic heterocycles. The van der Waals surface area contributed by atoms with Gasteiger partial charge in [-0.3, -0.25) is 9.36 Å². The molecular formula is C26H17BrN2O2. The molecule has 31 heavy (non-hydrogen) atoms. The third-order valence-corrected chi connectivity index (χ3v) is 5.70. The number of phenols is 1. The third kappa shape index (κ3) is 3.53. The summed E-state index contributed by atoms with van der Waals surface area (Å²) in [6.07, 6.45) is 3.52. The second-order valence-electron chi connectivity index (χ2n) is 7.16. The van der Waals surface area contributed by atoms with Crippen LogP contribution in [-0.2, 0) is 0 Å². The number of para-hydroxylation sites is 1. The lowest BCUT2D eigenvalue weighted by Crippen LogP contribution is -2.22. The molecule has 0 amide bonds. The van der Waals surface area contributed by atoms with E-state index >= 15 is 0 Å². The van der Waals surface area contributed by atoms with Crippen LogP contribution in [0.5, 0.6) is 5.75 Å². The summed E-state index contributed by atoms with van der Waals surface area (Å²) in [5, 5.41) is 12.8. The standard InChI is InChI=1S/C26H17BrN2O2/c27-19-13-14-24(30)18(16-19)12-15-25-28-22-10-4-3-9-21(22)26(31)29(25)23-11-5-7-17-6-1-2-8-20(17)23/h1-16,30H/b15-12-. The van der Waals surface area contributed by atoms with Crippen molar-refractivity contribution in [3.05, 3.63) is 111 Å². The van der Waals surface area contributed by atoms with Crippen molar-refractivity contribution in [2.24, 2.45) is 0 Å². The lowest BCUT2D eigenvalue weighted by Gasteiger charge is -2.14. The van der Waals surface area contributed by atoms with Crippen molar-refractivity contribution in [1.82, 2.24) is 9.55 Å². The molecule has 0 saturated heterocycles. The van der Waals surface area contributed by atoms with Gasteiger partial charge in [-0.05, 0) is 53.9 Å².